The molecule has 4 heteroatoms. The topological polar surface area (TPSA) is 54.2 Å². The molecule has 3 N–H and O–H groups in total. The summed E-state index contributed by atoms with van der Waals surface area (Å²) in [7, 11) is 4.36. The van der Waals surface area contributed by atoms with Gasteiger partial charge in [-0.15, -0.1) is 0 Å². The number of hydrogen-bond donors (Lipinski definition) is 2. The molecule has 1 aromatic rings. The summed E-state index contributed by atoms with van der Waals surface area (Å²) in [5.41, 5.74) is 5.40. The molecule has 0 aromatic carbocycles. The van der Waals surface area contributed by atoms with E-state index in [0.717, 1.165) is 5.69 Å². The summed E-state index contributed by atoms with van der Waals surface area (Å²) >= 11 is 0. The number of aromatic nitrogens is 1. The van der Waals surface area contributed by atoms with Crippen molar-refractivity contribution in [1.29, 1.82) is 0 Å². The van der Waals surface area contributed by atoms with Gasteiger partial charge < -0.3 is 4.90 Å². The summed E-state index contributed by atoms with van der Waals surface area (Å²) < 4.78 is 0. The number of nitrogens with one attached hydrogen (secondary N) is 1. The first kappa shape index (κ1) is 15.4. The summed E-state index contributed by atoms with van der Waals surface area (Å²) in [6.45, 7) is 2.02. The highest BCUT2D eigenvalue weighted by molar-refractivity contribution is 5.22. The van der Waals surface area contributed by atoms with Gasteiger partial charge in [0, 0.05) is 17.4 Å². The molecular weight excluding hydrogens is 248 g/mol. The summed E-state index contributed by atoms with van der Waals surface area (Å²) in [5, 5.41) is 0. The molecule has 0 aliphatic heterocycles. The molecule has 2 rings (SSSR count). The first-order valence-corrected chi connectivity index (χ1v) is 7.66. The van der Waals surface area contributed by atoms with Crippen molar-refractivity contribution in [1.82, 2.24) is 15.3 Å². The molecular formula is C16H28N4. The molecule has 1 aliphatic carbocycles. The Morgan fingerprint density at radius 2 is 1.85 bits per heavy atom. The van der Waals surface area contributed by atoms with Crippen LogP contribution >= 0.6 is 0 Å². The van der Waals surface area contributed by atoms with Crippen LogP contribution in [0.15, 0.2) is 18.3 Å². The zero-order valence-electron chi connectivity index (χ0n) is 13.0. The Bertz CT molecular complexity index is 405. The van der Waals surface area contributed by atoms with Crippen molar-refractivity contribution in [3.63, 3.8) is 0 Å². The van der Waals surface area contributed by atoms with Gasteiger partial charge in [0.05, 0.1) is 6.04 Å². The molecule has 1 aliphatic rings. The lowest BCUT2D eigenvalue weighted by Crippen LogP contribution is -2.55. The van der Waals surface area contributed by atoms with Gasteiger partial charge >= 0.3 is 0 Å². The molecule has 0 radical (unpaired) electrons. The lowest BCUT2D eigenvalue weighted by molar-refractivity contribution is 0.0798. The number of hydrogen-bond acceptors (Lipinski definition) is 4. The van der Waals surface area contributed by atoms with Gasteiger partial charge in [-0.05, 0) is 45.5 Å². The van der Waals surface area contributed by atoms with Crippen molar-refractivity contribution in [3.8, 4) is 0 Å². The monoisotopic (exact) mass is 276 g/mol. The Kier molecular flexibility index (Phi) is 5.13. The second-order valence-electron chi connectivity index (χ2n) is 6.24. The fraction of sp³-hybridized carbons (Fsp3) is 0.688. The molecule has 0 amide bonds. The van der Waals surface area contributed by atoms with Crippen molar-refractivity contribution in [3.05, 3.63) is 29.6 Å². The van der Waals surface area contributed by atoms with Crippen LogP contribution in [0, 0.1) is 6.92 Å². The SMILES string of the molecule is Cc1ccc(C(NN)C2(N(C)C)CCCCCC2)cn1. The lowest BCUT2D eigenvalue weighted by Gasteiger charge is -2.45. The Balaban J connectivity index is 2.36. The average Bonchev–Trinajstić information content (AvgIpc) is 2.69. The number of aryl methyl sites for hydroxylation is 1. The van der Waals surface area contributed by atoms with Gasteiger partial charge in [0.2, 0.25) is 0 Å². The number of likely N-dealkylation sites (N-methyl/N-ethyl adjacent to an activating group) is 1. The highest BCUT2D eigenvalue weighted by atomic mass is 15.3. The molecule has 20 heavy (non-hydrogen) atoms. The van der Waals surface area contributed by atoms with E-state index in [1.165, 1.54) is 44.1 Å². The van der Waals surface area contributed by atoms with E-state index in [2.05, 4.69) is 41.5 Å². The van der Waals surface area contributed by atoms with Gasteiger partial charge in [-0.3, -0.25) is 16.3 Å². The van der Waals surface area contributed by atoms with Crippen LogP contribution in [-0.2, 0) is 0 Å². The molecule has 0 spiro atoms. The smallest absolute Gasteiger partial charge is 0.0658 e. The number of nitrogens with zero attached hydrogens (tertiary/aromatic N) is 2. The third-order valence-corrected chi connectivity index (χ3v) is 4.83. The quantitative estimate of drug-likeness (QED) is 0.504. The first-order chi connectivity index (χ1) is 9.60. The van der Waals surface area contributed by atoms with Crippen LogP contribution in [0.25, 0.3) is 0 Å². The van der Waals surface area contributed by atoms with Gasteiger partial charge in [0.25, 0.3) is 0 Å². The molecule has 0 bridgehead atoms. The summed E-state index contributed by atoms with van der Waals surface area (Å²) in [4.78, 5) is 6.81. The van der Waals surface area contributed by atoms with Crippen molar-refractivity contribution in [2.75, 3.05) is 14.1 Å². The number of hydrazine groups is 1. The van der Waals surface area contributed by atoms with E-state index in [-0.39, 0.29) is 11.6 Å². The molecule has 1 heterocycles. The Hall–Kier alpha value is -0.970. The zero-order valence-corrected chi connectivity index (χ0v) is 13.0. The Labute approximate surface area is 122 Å². The molecule has 1 fully saturated rings. The van der Waals surface area contributed by atoms with Crippen LogP contribution in [0.3, 0.4) is 0 Å². The van der Waals surface area contributed by atoms with E-state index in [1.54, 1.807) is 0 Å². The average molecular weight is 276 g/mol. The maximum absolute atomic E-state index is 5.94. The second kappa shape index (κ2) is 6.66. The van der Waals surface area contributed by atoms with Crippen molar-refractivity contribution in [2.24, 2.45) is 5.84 Å². The van der Waals surface area contributed by atoms with Crippen LogP contribution in [0.2, 0.25) is 0 Å². The standard InChI is InChI=1S/C16H28N4/c1-13-8-9-14(12-18-13)15(19-17)16(20(2)3)10-6-4-5-7-11-16/h8-9,12,15,19H,4-7,10-11,17H2,1-3H3. The van der Waals surface area contributed by atoms with Crippen LogP contribution in [0.1, 0.15) is 55.8 Å². The minimum absolute atomic E-state index is 0.0855. The zero-order chi connectivity index (χ0) is 14.6. The van der Waals surface area contributed by atoms with E-state index in [1.807, 2.05) is 13.1 Å². The molecule has 1 atom stereocenters. The Morgan fingerprint density at radius 1 is 1.20 bits per heavy atom. The van der Waals surface area contributed by atoms with Crippen molar-refractivity contribution < 1.29 is 0 Å². The molecule has 1 unspecified atom stereocenters. The van der Waals surface area contributed by atoms with Crippen LogP contribution < -0.4 is 11.3 Å². The summed E-state index contributed by atoms with van der Waals surface area (Å²) in [6.07, 6.45) is 9.55. The minimum Gasteiger partial charge on any atom is -0.302 e. The molecule has 4 nitrogen and oxygen atoms in total. The Morgan fingerprint density at radius 3 is 2.30 bits per heavy atom. The van der Waals surface area contributed by atoms with E-state index in [4.69, 9.17) is 5.84 Å². The van der Waals surface area contributed by atoms with Crippen LogP contribution in [0.4, 0.5) is 0 Å². The van der Waals surface area contributed by atoms with Gasteiger partial charge in [-0.25, -0.2) is 0 Å². The molecule has 1 saturated carbocycles. The molecule has 1 aromatic heterocycles. The predicted octanol–water partition coefficient (Wildman–Crippen LogP) is 2.55. The third-order valence-electron chi connectivity index (χ3n) is 4.83. The van der Waals surface area contributed by atoms with E-state index in [0.29, 0.717) is 0 Å². The maximum atomic E-state index is 5.94. The second-order valence-corrected chi connectivity index (χ2v) is 6.24. The van der Waals surface area contributed by atoms with Gasteiger partial charge in [-0.2, -0.15) is 0 Å². The van der Waals surface area contributed by atoms with Gasteiger partial charge in [0.1, 0.15) is 0 Å². The highest BCUT2D eigenvalue weighted by Crippen LogP contribution is 2.40. The summed E-state index contributed by atoms with van der Waals surface area (Å²) in [6, 6.07) is 4.35. The number of nitrogens with two attached hydrogens (primary N) is 1. The highest BCUT2D eigenvalue weighted by Gasteiger charge is 2.41. The first-order valence-electron chi connectivity index (χ1n) is 7.66. The maximum Gasteiger partial charge on any atom is 0.0658 e. The number of pyridine rings is 1. The van der Waals surface area contributed by atoms with Crippen molar-refractivity contribution in [2.45, 2.75) is 57.0 Å². The normalized spacial score (nSPS) is 20.6. The van der Waals surface area contributed by atoms with Gasteiger partial charge in [0.15, 0.2) is 0 Å². The van der Waals surface area contributed by atoms with Crippen LogP contribution in [0.5, 0.6) is 0 Å². The van der Waals surface area contributed by atoms with E-state index in [9.17, 15) is 0 Å². The van der Waals surface area contributed by atoms with Crippen LogP contribution in [-0.4, -0.2) is 29.5 Å². The van der Waals surface area contributed by atoms with E-state index < -0.39 is 0 Å². The molecule has 112 valence electrons. The van der Waals surface area contributed by atoms with Gasteiger partial charge in [-0.1, -0.05) is 31.7 Å². The summed E-state index contributed by atoms with van der Waals surface area (Å²) in [5.74, 6) is 5.94. The van der Waals surface area contributed by atoms with E-state index >= 15 is 0 Å². The lowest BCUT2D eigenvalue weighted by atomic mass is 9.78. The molecule has 0 saturated heterocycles. The predicted molar refractivity (Wildman–Crippen MR) is 83.2 cm³/mol. The minimum atomic E-state index is 0.0855. The number of rotatable bonds is 4. The third kappa shape index (κ3) is 3.03. The fourth-order valence-corrected chi connectivity index (χ4v) is 3.55. The largest absolute Gasteiger partial charge is 0.302 e. The fourth-order valence-electron chi connectivity index (χ4n) is 3.55. The van der Waals surface area contributed by atoms with Crippen molar-refractivity contribution >= 4 is 0 Å².